The maximum atomic E-state index is 13.1. The average molecular weight is 408 g/mol. The molecular weight excluding hydrogens is 393 g/mol. The minimum atomic E-state index is -4.64. The highest BCUT2D eigenvalue weighted by Gasteiger charge is 2.33. The minimum Gasteiger partial charge on any atom is -0.457 e. The molecule has 30 heavy (non-hydrogen) atoms. The lowest BCUT2D eigenvalue weighted by atomic mass is 10.1. The highest BCUT2D eigenvalue weighted by atomic mass is 19.4. The lowest BCUT2D eigenvalue weighted by Crippen LogP contribution is -2.17. The molecular formula is C23H15F3N2O2. The Morgan fingerprint density at radius 3 is 2.30 bits per heavy atom. The van der Waals surface area contributed by atoms with Gasteiger partial charge in [0.05, 0.1) is 11.3 Å². The number of nitriles is 1. The monoisotopic (exact) mass is 408 g/mol. The summed E-state index contributed by atoms with van der Waals surface area (Å²) in [5, 5.41) is 11.5. The van der Waals surface area contributed by atoms with Crippen molar-refractivity contribution in [3.63, 3.8) is 0 Å². The molecule has 0 fully saturated rings. The fourth-order valence-corrected chi connectivity index (χ4v) is 2.64. The number of rotatable bonds is 5. The zero-order chi connectivity index (χ0) is 21.6. The van der Waals surface area contributed by atoms with E-state index in [1.165, 1.54) is 18.2 Å². The summed E-state index contributed by atoms with van der Waals surface area (Å²) >= 11 is 0. The lowest BCUT2D eigenvalue weighted by Gasteiger charge is -2.13. The van der Waals surface area contributed by atoms with Crippen LogP contribution in [-0.4, -0.2) is 5.91 Å². The fourth-order valence-electron chi connectivity index (χ4n) is 2.64. The average Bonchev–Trinajstić information content (AvgIpc) is 2.72. The topological polar surface area (TPSA) is 62.1 Å². The van der Waals surface area contributed by atoms with Gasteiger partial charge in [0.15, 0.2) is 0 Å². The van der Waals surface area contributed by atoms with Gasteiger partial charge in [-0.2, -0.15) is 18.4 Å². The van der Waals surface area contributed by atoms with E-state index < -0.39 is 23.3 Å². The van der Waals surface area contributed by atoms with Gasteiger partial charge in [0, 0.05) is 0 Å². The highest BCUT2D eigenvalue weighted by Crippen LogP contribution is 2.34. The number of halogens is 3. The van der Waals surface area contributed by atoms with Gasteiger partial charge in [-0.15, -0.1) is 0 Å². The third-order valence-corrected chi connectivity index (χ3v) is 3.99. The summed E-state index contributed by atoms with van der Waals surface area (Å²) in [6.07, 6.45) is -3.35. The van der Waals surface area contributed by atoms with E-state index in [0.717, 1.165) is 12.1 Å². The Morgan fingerprint density at radius 1 is 0.933 bits per heavy atom. The molecule has 0 unspecified atom stereocenters. The largest absolute Gasteiger partial charge is 0.457 e. The lowest BCUT2D eigenvalue weighted by molar-refractivity contribution is -0.137. The summed E-state index contributed by atoms with van der Waals surface area (Å²) in [6.45, 7) is 0. The van der Waals surface area contributed by atoms with E-state index in [1.807, 2.05) is 18.2 Å². The van der Waals surface area contributed by atoms with E-state index >= 15 is 0 Å². The molecule has 3 aromatic carbocycles. The van der Waals surface area contributed by atoms with Gasteiger partial charge in [0.2, 0.25) is 0 Å². The molecule has 0 aliphatic rings. The van der Waals surface area contributed by atoms with E-state index in [4.69, 9.17) is 4.74 Å². The smallest absolute Gasteiger partial charge is 0.418 e. The molecule has 0 heterocycles. The number of carbonyl (C=O) groups excluding carboxylic acids is 1. The van der Waals surface area contributed by atoms with E-state index in [0.29, 0.717) is 17.1 Å². The number of alkyl halides is 3. The van der Waals surface area contributed by atoms with Crippen LogP contribution in [0.25, 0.3) is 6.08 Å². The third kappa shape index (κ3) is 5.26. The second kappa shape index (κ2) is 8.97. The van der Waals surface area contributed by atoms with Gasteiger partial charge >= 0.3 is 6.18 Å². The molecule has 0 spiro atoms. The Labute approximate surface area is 170 Å². The number of hydrogen-bond acceptors (Lipinski definition) is 3. The minimum absolute atomic E-state index is 0.344. The number of carbonyl (C=O) groups is 1. The Hall–Kier alpha value is -4.05. The second-order valence-electron chi connectivity index (χ2n) is 6.15. The van der Waals surface area contributed by atoms with E-state index in [-0.39, 0.29) is 5.57 Å². The summed E-state index contributed by atoms with van der Waals surface area (Å²) in [6, 6.07) is 22.0. The quantitative estimate of drug-likeness (QED) is 0.413. The van der Waals surface area contributed by atoms with Gasteiger partial charge < -0.3 is 10.1 Å². The van der Waals surface area contributed by atoms with Crippen LogP contribution in [0.15, 0.2) is 84.4 Å². The predicted molar refractivity (Wildman–Crippen MR) is 107 cm³/mol. The van der Waals surface area contributed by atoms with Crippen LogP contribution in [0.4, 0.5) is 18.9 Å². The zero-order valence-corrected chi connectivity index (χ0v) is 15.5. The van der Waals surface area contributed by atoms with Gasteiger partial charge in [0.1, 0.15) is 23.1 Å². The van der Waals surface area contributed by atoms with Crippen LogP contribution in [0.1, 0.15) is 11.1 Å². The number of hydrogen-bond donors (Lipinski definition) is 1. The van der Waals surface area contributed by atoms with Crippen molar-refractivity contribution in [1.82, 2.24) is 0 Å². The van der Waals surface area contributed by atoms with Crippen LogP contribution >= 0.6 is 0 Å². The number of ether oxygens (including phenoxy) is 1. The van der Waals surface area contributed by atoms with Crippen molar-refractivity contribution in [3.8, 4) is 17.6 Å². The first kappa shape index (κ1) is 20.7. The summed E-state index contributed by atoms with van der Waals surface area (Å²) in [7, 11) is 0. The highest BCUT2D eigenvalue weighted by molar-refractivity contribution is 6.10. The number of para-hydroxylation sites is 2. The second-order valence-corrected chi connectivity index (χ2v) is 6.15. The normalized spacial score (nSPS) is 11.5. The number of nitrogens with zero attached hydrogens (tertiary/aromatic N) is 1. The zero-order valence-electron chi connectivity index (χ0n) is 15.5. The molecule has 0 aliphatic heterocycles. The summed E-state index contributed by atoms with van der Waals surface area (Å²) in [5.74, 6) is 0.152. The molecule has 7 heteroatoms. The van der Waals surface area contributed by atoms with E-state index in [2.05, 4.69) is 5.32 Å². The Morgan fingerprint density at radius 2 is 1.60 bits per heavy atom. The molecule has 0 aliphatic carbocycles. The van der Waals surface area contributed by atoms with Crippen LogP contribution in [0.3, 0.4) is 0 Å². The molecule has 1 amide bonds. The van der Waals surface area contributed by atoms with Crippen LogP contribution < -0.4 is 10.1 Å². The molecule has 0 bridgehead atoms. The molecule has 0 radical (unpaired) electrons. The van der Waals surface area contributed by atoms with Crippen LogP contribution in [-0.2, 0) is 11.0 Å². The molecule has 0 atom stereocenters. The first-order valence-corrected chi connectivity index (χ1v) is 8.79. The Bertz CT molecular complexity index is 1120. The number of anilines is 1. The fraction of sp³-hybridized carbons (Fsp3) is 0.0435. The molecule has 1 N–H and O–H groups in total. The van der Waals surface area contributed by atoms with Gasteiger partial charge in [0.25, 0.3) is 5.91 Å². The van der Waals surface area contributed by atoms with Crippen molar-refractivity contribution in [2.45, 2.75) is 6.18 Å². The maximum Gasteiger partial charge on any atom is 0.418 e. The Balaban J connectivity index is 1.82. The summed E-state index contributed by atoms with van der Waals surface area (Å²) in [5.41, 5.74) is -1.27. The van der Waals surface area contributed by atoms with Crippen molar-refractivity contribution < 1.29 is 22.7 Å². The summed E-state index contributed by atoms with van der Waals surface area (Å²) < 4.78 is 45.0. The van der Waals surface area contributed by atoms with Gasteiger partial charge in [-0.1, -0.05) is 42.5 Å². The van der Waals surface area contributed by atoms with Gasteiger partial charge in [-0.05, 0) is 48.0 Å². The molecule has 150 valence electrons. The van der Waals surface area contributed by atoms with Crippen molar-refractivity contribution in [2.75, 3.05) is 5.32 Å². The first-order valence-electron chi connectivity index (χ1n) is 8.79. The predicted octanol–water partition coefficient (Wildman–Crippen LogP) is 6.04. The van der Waals surface area contributed by atoms with E-state index in [1.54, 1.807) is 42.5 Å². The van der Waals surface area contributed by atoms with Gasteiger partial charge in [-0.3, -0.25) is 4.79 Å². The van der Waals surface area contributed by atoms with Crippen molar-refractivity contribution in [3.05, 3.63) is 95.6 Å². The standard InChI is InChI=1S/C23H15F3N2O2/c24-23(25,26)20-11-4-5-12-21(20)28-22(29)17(15-27)13-16-7-6-10-19(14-16)30-18-8-2-1-3-9-18/h1-14H,(H,28,29)/b17-13+. The number of amides is 1. The number of nitrogens with one attached hydrogen (secondary N) is 1. The molecule has 0 saturated carbocycles. The van der Waals surface area contributed by atoms with E-state index in [9.17, 15) is 23.2 Å². The third-order valence-electron chi connectivity index (χ3n) is 3.99. The van der Waals surface area contributed by atoms with Crippen LogP contribution in [0, 0.1) is 11.3 Å². The first-order chi connectivity index (χ1) is 14.4. The van der Waals surface area contributed by atoms with Gasteiger partial charge in [-0.25, -0.2) is 0 Å². The SMILES string of the molecule is N#C/C(=C\c1cccc(Oc2ccccc2)c1)C(=O)Nc1ccccc1C(F)(F)F. The van der Waals surface area contributed by atoms with Crippen molar-refractivity contribution in [1.29, 1.82) is 5.26 Å². The molecule has 0 aromatic heterocycles. The molecule has 0 saturated heterocycles. The van der Waals surface area contributed by atoms with Crippen LogP contribution in [0.2, 0.25) is 0 Å². The maximum absolute atomic E-state index is 13.1. The van der Waals surface area contributed by atoms with Crippen molar-refractivity contribution >= 4 is 17.7 Å². The molecule has 3 aromatic rings. The van der Waals surface area contributed by atoms with Crippen molar-refractivity contribution in [2.24, 2.45) is 0 Å². The molecule has 3 rings (SSSR count). The number of benzene rings is 3. The Kier molecular flexibility index (Phi) is 6.18. The van der Waals surface area contributed by atoms with Crippen LogP contribution in [0.5, 0.6) is 11.5 Å². The molecule has 4 nitrogen and oxygen atoms in total. The summed E-state index contributed by atoms with van der Waals surface area (Å²) in [4.78, 5) is 12.4.